The van der Waals surface area contributed by atoms with Crippen molar-refractivity contribution in [1.82, 2.24) is 4.98 Å². The Balaban J connectivity index is 3.02. The van der Waals surface area contributed by atoms with Crippen LogP contribution in [-0.4, -0.2) is 17.6 Å². The highest BCUT2D eigenvalue weighted by atomic mass is 35.5. The molecule has 0 aliphatic heterocycles. The molecule has 0 bridgehead atoms. The molecule has 0 N–H and O–H groups in total. The number of carbonyl (C=O) groups excluding carboxylic acids is 1. The van der Waals surface area contributed by atoms with Gasteiger partial charge in [-0.3, -0.25) is 9.78 Å². The third-order valence-corrected chi connectivity index (χ3v) is 2.22. The first-order valence-electron chi connectivity index (χ1n) is 4.73. The normalized spacial score (nSPS) is 10.7. The Morgan fingerprint density at radius 3 is 2.76 bits per heavy atom. The van der Waals surface area contributed by atoms with Gasteiger partial charge >= 0.3 is 5.97 Å². The average Bonchev–Trinajstić information content (AvgIpc) is 2.22. The quantitative estimate of drug-likeness (QED) is 0.788. The fraction of sp³-hybridized carbons (Fsp3) is 0.400. The molecule has 1 heterocycles. The predicted octanol–water partition coefficient (Wildman–Crippen LogP) is 2.92. The van der Waals surface area contributed by atoms with Crippen molar-refractivity contribution >= 4 is 17.6 Å². The van der Waals surface area contributed by atoms with Gasteiger partial charge in [0, 0.05) is 6.20 Å². The van der Waals surface area contributed by atoms with Crippen LogP contribution in [0.15, 0.2) is 6.20 Å². The summed E-state index contributed by atoms with van der Waals surface area (Å²) in [5.41, 5.74) is -1.34. The molecule has 3 nitrogen and oxygen atoms in total. The summed E-state index contributed by atoms with van der Waals surface area (Å²) in [4.78, 5) is 14.6. The molecule has 0 radical (unpaired) electrons. The molecule has 7 heteroatoms. The Kier molecular flexibility index (Phi) is 4.74. The van der Waals surface area contributed by atoms with Gasteiger partial charge in [-0.2, -0.15) is 0 Å². The van der Waals surface area contributed by atoms with E-state index >= 15 is 0 Å². The standard InChI is InChI=1S/C10H9ClF3NO2/c1-2-17-7(16)3-6-9(12)8(10(13)14)5(11)4-15-6/h4,10H,2-3H2,1H3. The van der Waals surface area contributed by atoms with E-state index in [1.165, 1.54) is 0 Å². The smallest absolute Gasteiger partial charge is 0.311 e. The average molecular weight is 268 g/mol. The molecule has 1 aromatic rings. The van der Waals surface area contributed by atoms with Gasteiger partial charge in [-0.1, -0.05) is 11.6 Å². The minimum atomic E-state index is -3.06. The van der Waals surface area contributed by atoms with Crippen LogP contribution < -0.4 is 0 Å². The summed E-state index contributed by atoms with van der Waals surface area (Å²) in [6, 6.07) is 0. The number of hydrogen-bond donors (Lipinski definition) is 0. The lowest BCUT2D eigenvalue weighted by Crippen LogP contribution is -2.11. The first-order chi connectivity index (χ1) is 7.97. The molecule has 0 atom stereocenters. The molecular weight excluding hydrogens is 259 g/mol. The van der Waals surface area contributed by atoms with Crippen molar-refractivity contribution in [3.8, 4) is 0 Å². The van der Waals surface area contributed by atoms with Gasteiger partial charge in [0.1, 0.15) is 0 Å². The number of alkyl halides is 2. The van der Waals surface area contributed by atoms with Crippen LogP contribution in [0.5, 0.6) is 0 Å². The number of pyridine rings is 1. The summed E-state index contributed by atoms with van der Waals surface area (Å²) < 4.78 is 43.1. The van der Waals surface area contributed by atoms with Crippen LogP contribution in [0.2, 0.25) is 5.02 Å². The van der Waals surface area contributed by atoms with E-state index in [0.717, 1.165) is 6.20 Å². The highest BCUT2D eigenvalue weighted by Crippen LogP contribution is 2.30. The van der Waals surface area contributed by atoms with Crippen molar-refractivity contribution in [3.05, 3.63) is 28.3 Å². The van der Waals surface area contributed by atoms with E-state index in [2.05, 4.69) is 9.72 Å². The van der Waals surface area contributed by atoms with E-state index in [0.29, 0.717) is 0 Å². The molecule has 0 saturated heterocycles. The molecule has 94 valence electrons. The zero-order chi connectivity index (χ0) is 13.0. The van der Waals surface area contributed by atoms with Gasteiger partial charge in [-0.05, 0) is 6.92 Å². The Labute approximate surface area is 101 Å². The number of halogens is 4. The number of rotatable bonds is 4. The molecule has 1 rings (SSSR count). The summed E-state index contributed by atoms with van der Waals surface area (Å²) in [5.74, 6) is -2.00. The Bertz CT molecular complexity index is 426. The number of carbonyl (C=O) groups is 1. The molecule has 0 aromatic carbocycles. The van der Waals surface area contributed by atoms with Crippen molar-refractivity contribution in [1.29, 1.82) is 0 Å². The number of nitrogens with zero attached hydrogens (tertiary/aromatic N) is 1. The zero-order valence-corrected chi connectivity index (χ0v) is 9.60. The number of hydrogen-bond acceptors (Lipinski definition) is 3. The number of ether oxygens (including phenoxy) is 1. The summed E-state index contributed by atoms with van der Waals surface area (Å²) >= 11 is 5.40. The predicted molar refractivity (Wildman–Crippen MR) is 54.5 cm³/mol. The lowest BCUT2D eigenvalue weighted by molar-refractivity contribution is -0.142. The number of aromatic nitrogens is 1. The van der Waals surface area contributed by atoms with Gasteiger partial charge in [0.2, 0.25) is 0 Å². The molecule has 0 fully saturated rings. The topological polar surface area (TPSA) is 39.2 Å². The summed E-state index contributed by atoms with van der Waals surface area (Å²) in [6.07, 6.45) is -2.68. The Morgan fingerprint density at radius 1 is 1.59 bits per heavy atom. The van der Waals surface area contributed by atoms with Crippen LogP contribution in [0.25, 0.3) is 0 Å². The summed E-state index contributed by atoms with van der Waals surface area (Å²) in [7, 11) is 0. The van der Waals surface area contributed by atoms with Crippen LogP contribution in [0.4, 0.5) is 13.2 Å². The maximum Gasteiger partial charge on any atom is 0.311 e. The van der Waals surface area contributed by atoms with Crippen LogP contribution in [0.3, 0.4) is 0 Å². The minimum absolute atomic E-state index is 0.121. The largest absolute Gasteiger partial charge is 0.466 e. The van der Waals surface area contributed by atoms with Gasteiger partial charge in [-0.25, -0.2) is 13.2 Å². The minimum Gasteiger partial charge on any atom is -0.466 e. The fourth-order valence-electron chi connectivity index (χ4n) is 1.19. The van der Waals surface area contributed by atoms with Crippen molar-refractivity contribution in [3.63, 3.8) is 0 Å². The van der Waals surface area contributed by atoms with Gasteiger partial charge < -0.3 is 4.74 Å². The van der Waals surface area contributed by atoms with Gasteiger partial charge in [0.15, 0.2) is 5.82 Å². The van der Waals surface area contributed by atoms with Gasteiger partial charge in [0.25, 0.3) is 6.43 Å². The molecule has 0 unspecified atom stereocenters. The Morgan fingerprint density at radius 2 is 2.24 bits per heavy atom. The lowest BCUT2D eigenvalue weighted by atomic mass is 10.2. The van der Waals surface area contributed by atoms with E-state index < -0.39 is 40.9 Å². The van der Waals surface area contributed by atoms with E-state index in [-0.39, 0.29) is 6.61 Å². The third kappa shape index (κ3) is 3.33. The lowest BCUT2D eigenvalue weighted by Gasteiger charge is -2.08. The highest BCUT2D eigenvalue weighted by Gasteiger charge is 2.22. The second-order valence-electron chi connectivity index (χ2n) is 3.06. The molecule has 0 aliphatic carbocycles. The molecule has 17 heavy (non-hydrogen) atoms. The van der Waals surface area contributed by atoms with Crippen LogP contribution in [0.1, 0.15) is 24.6 Å². The van der Waals surface area contributed by atoms with E-state index in [1.54, 1.807) is 6.92 Å². The highest BCUT2D eigenvalue weighted by molar-refractivity contribution is 6.31. The Hall–Kier alpha value is -1.30. The van der Waals surface area contributed by atoms with Crippen molar-refractivity contribution < 1.29 is 22.7 Å². The zero-order valence-electron chi connectivity index (χ0n) is 8.84. The fourth-order valence-corrected chi connectivity index (χ4v) is 1.41. The van der Waals surface area contributed by atoms with Crippen LogP contribution in [-0.2, 0) is 16.0 Å². The molecule has 0 spiro atoms. The van der Waals surface area contributed by atoms with Crippen molar-refractivity contribution in [2.24, 2.45) is 0 Å². The summed E-state index contributed by atoms with van der Waals surface area (Å²) in [5, 5.41) is -0.467. The second kappa shape index (κ2) is 5.86. The first kappa shape index (κ1) is 13.8. The van der Waals surface area contributed by atoms with Gasteiger partial charge in [0.05, 0.1) is 29.3 Å². The molecular formula is C10H9ClF3NO2. The van der Waals surface area contributed by atoms with E-state index in [9.17, 15) is 18.0 Å². The van der Waals surface area contributed by atoms with E-state index in [1.807, 2.05) is 0 Å². The first-order valence-corrected chi connectivity index (χ1v) is 5.11. The number of esters is 1. The van der Waals surface area contributed by atoms with Crippen molar-refractivity contribution in [2.45, 2.75) is 19.8 Å². The van der Waals surface area contributed by atoms with E-state index in [4.69, 9.17) is 11.6 Å². The monoisotopic (exact) mass is 267 g/mol. The summed E-state index contributed by atoms with van der Waals surface area (Å²) in [6.45, 7) is 1.70. The van der Waals surface area contributed by atoms with Crippen LogP contribution in [0, 0.1) is 5.82 Å². The molecule has 1 aromatic heterocycles. The molecule has 0 amide bonds. The second-order valence-corrected chi connectivity index (χ2v) is 3.47. The maximum absolute atomic E-state index is 13.6. The van der Waals surface area contributed by atoms with Crippen LogP contribution >= 0.6 is 11.6 Å². The third-order valence-electron chi connectivity index (χ3n) is 1.92. The van der Waals surface area contributed by atoms with Gasteiger partial charge in [-0.15, -0.1) is 0 Å². The maximum atomic E-state index is 13.6. The SMILES string of the molecule is CCOC(=O)Cc1ncc(Cl)c(C(F)F)c1F. The van der Waals surface area contributed by atoms with Crippen molar-refractivity contribution in [2.75, 3.05) is 6.61 Å². The molecule has 0 aliphatic rings. The molecule has 0 saturated carbocycles.